The number of hydrogen-bond acceptors (Lipinski definition) is 4. The second-order valence-corrected chi connectivity index (χ2v) is 4.63. The summed E-state index contributed by atoms with van der Waals surface area (Å²) in [6.45, 7) is 1.97. The third-order valence-corrected chi connectivity index (χ3v) is 3.27. The van der Waals surface area contributed by atoms with Gasteiger partial charge in [-0.15, -0.1) is 0 Å². The van der Waals surface area contributed by atoms with Gasteiger partial charge in [-0.05, 0) is 31.3 Å². The van der Waals surface area contributed by atoms with Gasteiger partial charge in [0.25, 0.3) is 0 Å². The van der Waals surface area contributed by atoms with Crippen molar-refractivity contribution in [3.63, 3.8) is 0 Å². The van der Waals surface area contributed by atoms with E-state index in [1.807, 2.05) is 35.9 Å². The lowest BCUT2D eigenvalue weighted by atomic mass is 10.2. The Morgan fingerprint density at radius 2 is 2.05 bits per heavy atom. The molecular formula is C13H13N5OS. The van der Waals surface area contributed by atoms with Crippen LogP contribution in [-0.4, -0.2) is 32.1 Å². The van der Waals surface area contributed by atoms with Gasteiger partial charge in [0.1, 0.15) is 11.4 Å². The lowest BCUT2D eigenvalue weighted by Crippen LogP contribution is -2.01. The van der Waals surface area contributed by atoms with Crippen molar-refractivity contribution in [1.29, 1.82) is 0 Å². The minimum absolute atomic E-state index is 0.421. The third-order valence-electron chi connectivity index (χ3n) is 3.08. The second-order valence-electron chi connectivity index (χ2n) is 4.24. The number of para-hydroxylation sites is 2. The first-order chi connectivity index (χ1) is 9.70. The molecule has 20 heavy (non-hydrogen) atoms. The van der Waals surface area contributed by atoms with Crippen molar-refractivity contribution in [2.24, 2.45) is 0 Å². The smallest absolute Gasteiger partial charge is 0.213 e. The number of rotatable bonds is 3. The lowest BCUT2D eigenvalue weighted by molar-refractivity contribution is 0.411. The van der Waals surface area contributed by atoms with Crippen LogP contribution < -0.4 is 4.74 Å². The van der Waals surface area contributed by atoms with Crippen molar-refractivity contribution < 1.29 is 4.74 Å². The first-order valence-electron chi connectivity index (χ1n) is 6.04. The van der Waals surface area contributed by atoms with Crippen molar-refractivity contribution in [3.8, 4) is 22.8 Å². The van der Waals surface area contributed by atoms with Gasteiger partial charge in [-0.3, -0.25) is 10.2 Å². The molecule has 0 unspecified atom stereocenters. The molecule has 0 amide bonds. The van der Waals surface area contributed by atoms with Crippen molar-refractivity contribution in [2.45, 2.75) is 6.92 Å². The highest BCUT2D eigenvalue weighted by molar-refractivity contribution is 7.71. The molecule has 3 aromatic rings. The molecule has 7 heteroatoms. The Kier molecular flexibility index (Phi) is 3.11. The van der Waals surface area contributed by atoms with E-state index in [1.54, 1.807) is 13.3 Å². The Morgan fingerprint density at radius 1 is 1.25 bits per heavy atom. The Labute approximate surface area is 120 Å². The minimum atomic E-state index is 0.421. The highest BCUT2D eigenvalue weighted by Gasteiger charge is 2.14. The van der Waals surface area contributed by atoms with Crippen LogP contribution in [0, 0.1) is 11.7 Å². The zero-order valence-electron chi connectivity index (χ0n) is 11.0. The minimum Gasteiger partial charge on any atom is -0.494 e. The first-order valence-corrected chi connectivity index (χ1v) is 6.44. The van der Waals surface area contributed by atoms with Crippen LogP contribution in [0.1, 0.15) is 5.69 Å². The normalized spacial score (nSPS) is 10.7. The van der Waals surface area contributed by atoms with Gasteiger partial charge in [-0.1, -0.05) is 12.1 Å². The molecule has 1 aromatic carbocycles. The molecular weight excluding hydrogens is 274 g/mol. The molecule has 0 aliphatic carbocycles. The van der Waals surface area contributed by atoms with Crippen molar-refractivity contribution in [3.05, 3.63) is 40.9 Å². The van der Waals surface area contributed by atoms with E-state index in [-0.39, 0.29) is 0 Å². The summed E-state index contributed by atoms with van der Waals surface area (Å²) < 4.78 is 7.61. The summed E-state index contributed by atoms with van der Waals surface area (Å²) in [5.74, 6) is 1.44. The first kappa shape index (κ1) is 12.6. The van der Waals surface area contributed by atoms with E-state index in [0.29, 0.717) is 10.6 Å². The summed E-state index contributed by atoms with van der Waals surface area (Å²) >= 11 is 4.97. The van der Waals surface area contributed by atoms with Crippen molar-refractivity contribution in [1.82, 2.24) is 25.0 Å². The molecule has 2 aromatic heterocycles. The molecule has 2 heterocycles. The van der Waals surface area contributed by atoms with E-state index >= 15 is 0 Å². The molecule has 2 N–H and O–H groups in total. The standard InChI is InChI=1S/C13H13N5OS/c1-8-9(12-15-13(20)17-16-12)7-14-18(8)10-5-3-4-6-11(10)19-2/h3-7H,1-2H3,(H2,15,16,17,20). The number of nitrogens with zero attached hydrogens (tertiary/aromatic N) is 3. The summed E-state index contributed by atoms with van der Waals surface area (Å²) in [5, 5.41) is 10.1. The fraction of sp³-hybridized carbons (Fsp3) is 0.154. The number of aromatic amines is 2. The fourth-order valence-corrected chi connectivity index (χ4v) is 2.23. The largest absolute Gasteiger partial charge is 0.494 e. The van der Waals surface area contributed by atoms with E-state index in [2.05, 4.69) is 20.3 Å². The zero-order valence-corrected chi connectivity index (χ0v) is 11.9. The summed E-state index contributed by atoms with van der Waals surface area (Å²) in [4.78, 5) is 4.21. The molecule has 0 atom stereocenters. The lowest BCUT2D eigenvalue weighted by Gasteiger charge is -2.09. The van der Waals surface area contributed by atoms with Crippen LogP contribution in [0.2, 0.25) is 0 Å². The summed E-state index contributed by atoms with van der Waals surface area (Å²) in [6.07, 6.45) is 1.75. The van der Waals surface area contributed by atoms with Crippen LogP contribution in [0.25, 0.3) is 17.1 Å². The number of hydrogen-bond donors (Lipinski definition) is 2. The Bertz CT molecular complexity index is 801. The van der Waals surface area contributed by atoms with Crippen molar-refractivity contribution >= 4 is 12.2 Å². The molecule has 0 saturated heterocycles. The number of nitrogens with one attached hydrogen (secondary N) is 2. The maximum atomic E-state index is 5.37. The van der Waals surface area contributed by atoms with Gasteiger partial charge in [0.05, 0.1) is 24.6 Å². The van der Waals surface area contributed by atoms with E-state index in [4.69, 9.17) is 17.0 Å². The van der Waals surface area contributed by atoms with E-state index in [9.17, 15) is 0 Å². The monoisotopic (exact) mass is 287 g/mol. The molecule has 0 spiro atoms. The molecule has 0 radical (unpaired) electrons. The summed E-state index contributed by atoms with van der Waals surface area (Å²) in [7, 11) is 1.64. The van der Waals surface area contributed by atoms with Gasteiger partial charge >= 0.3 is 0 Å². The average molecular weight is 287 g/mol. The van der Waals surface area contributed by atoms with Crippen LogP contribution in [0.3, 0.4) is 0 Å². The molecule has 102 valence electrons. The zero-order chi connectivity index (χ0) is 14.1. The molecule has 0 fully saturated rings. The number of H-pyrrole nitrogens is 2. The molecule has 0 aliphatic heterocycles. The van der Waals surface area contributed by atoms with Crippen molar-refractivity contribution in [2.75, 3.05) is 7.11 Å². The van der Waals surface area contributed by atoms with Gasteiger partial charge in [0, 0.05) is 0 Å². The number of aromatic nitrogens is 5. The van der Waals surface area contributed by atoms with E-state index in [0.717, 1.165) is 22.7 Å². The van der Waals surface area contributed by atoms with Gasteiger partial charge in [-0.25, -0.2) is 4.68 Å². The molecule has 0 aliphatic rings. The number of ether oxygens (including phenoxy) is 1. The topological polar surface area (TPSA) is 71.5 Å². The van der Waals surface area contributed by atoms with Crippen LogP contribution in [0.4, 0.5) is 0 Å². The van der Waals surface area contributed by atoms with Gasteiger partial charge in [0.2, 0.25) is 4.77 Å². The predicted octanol–water partition coefficient (Wildman–Crippen LogP) is 2.64. The summed E-state index contributed by atoms with van der Waals surface area (Å²) in [5.41, 5.74) is 2.73. The SMILES string of the molecule is COc1ccccc1-n1ncc(-c2nc(=S)[nH][nH]2)c1C. The molecule has 0 saturated carbocycles. The maximum Gasteiger partial charge on any atom is 0.213 e. The average Bonchev–Trinajstić information content (AvgIpc) is 3.05. The molecule has 0 bridgehead atoms. The van der Waals surface area contributed by atoms with Crippen LogP contribution >= 0.6 is 12.2 Å². The van der Waals surface area contributed by atoms with Gasteiger partial charge in [0.15, 0.2) is 5.82 Å². The third kappa shape index (κ3) is 2.01. The van der Waals surface area contributed by atoms with Gasteiger partial charge in [-0.2, -0.15) is 10.1 Å². The van der Waals surface area contributed by atoms with E-state index in [1.165, 1.54) is 0 Å². The number of methoxy groups -OCH3 is 1. The Balaban J connectivity index is 2.13. The van der Waals surface area contributed by atoms with Crippen LogP contribution in [-0.2, 0) is 0 Å². The quantitative estimate of drug-likeness (QED) is 0.726. The van der Waals surface area contributed by atoms with Gasteiger partial charge < -0.3 is 4.74 Å². The number of benzene rings is 1. The predicted molar refractivity (Wildman–Crippen MR) is 77.6 cm³/mol. The van der Waals surface area contributed by atoms with Crippen LogP contribution in [0.15, 0.2) is 30.5 Å². The highest BCUT2D eigenvalue weighted by atomic mass is 32.1. The maximum absolute atomic E-state index is 5.37. The summed E-state index contributed by atoms with van der Waals surface area (Å²) in [6, 6.07) is 7.72. The Hall–Kier alpha value is -2.41. The fourth-order valence-electron chi connectivity index (χ4n) is 2.09. The molecule has 6 nitrogen and oxygen atoms in total. The van der Waals surface area contributed by atoms with E-state index < -0.39 is 0 Å². The second kappa shape index (κ2) is 4.93. The highest BCUT2D eigenvalue weighted by Crippen LogP contribution is 2.26. The van der Waals surface area contributed by atoms with Crippen LogP contribution in [0.5, 0.6) is 5.75 Å². The Morgan fingerprint density at radius 3 is 2.75 bits per heavy atom. The molecule has 3 rings (SSSR count).